The van der Waals surface area contributed by atoms with Gasteiger partial charge in [0, 0.05) is 30.9 Å². The van der Waals surface area contributed by atoms with Crippen LogP contribution in [-0.2, 0) is 4.79 Å². The second kappa shape index (κ2) is 6.00. The zero-order chi connectivity index (χ0) is 17.4. The Morgan fingerprint density at radius 3 is 2.72 bits per heavy atom. The zero-order valence-electron chi connectivity index (χ0n) is 13.9. The molecular weight excluding hydrogens is 322 g/mol. The first-order chi connectivity index (χ1) is 12.1. The fourth-order valence-corrected chi connectivity index (χ4v) is 2.82. The van der Waals surface area contributed by atoms with Crippen LogP contribution < -0.4 is 10.2 Å². The lowest BCUT2D eigenvalue weighted by Gasteiger charge is -2.38. The van der Waals surface area contributed by atoms with Gasteiger partial charge in [-0.1, -0.05) is 5.16 Å². The van der Waals surface area contributed by atoms with E-state index in [1.54, 1.807) is 10.7 Å². The van der Waals surface area contributed by atoms with E-state index < -0.39 is 0 Å². The molecule has 9 nitrogen and oxygen atoms in total. The van der Waals surface area contributed by atoms with Crippen LogP contribution in [0.1, 0.15) is 11.4 Å². The van der Waals surface area contributed by atoms with E-state index >= 15 is 0 Å². The molecule has 3 aromatic rings. The van der Waals surface area contributed by atoms with E-state index in [1.165, 1.54) is 12.6 Å². The summed E-state index contributed by atoms with van der Waals surface area (Å²) in [6, 6.07) is 5.49. The number of rotatable bonds is 4. The minimum absolute atomic E-state index is 0.0713. The first kappa shape index (κ1) is 15.3. The maximum absolute atomic E-state index is 12.1. The van der Waals surface area contributed by atoms with Gasteiger partial charge in [0.15, 0.2) is 11.6 Å². The molecule has 1 amide bonds. The van der Waals surface area contributed by atoms with Crippen molar-refractivity contribution in [2.45, 2.75) is 13.8 Å². The highest BCUT2D eigenvalue weighted by atomic mass is 16.5. The number of anilines is 2. The highest BCUT2D eigenvalue weighted by Gasteiger charge is 2.34. The van der Waals surface area contributed by atoms with Crippen molar-refractivity contribution in [1.29, 1.82) is 0 Å². The van der Waals surface area contributed by atoms with Crippen LogP contribution in [0.15, 0.2) is 35.3 Å². The lowest BCUT2D eigenvalue weighted by atomic mass is 9.99. The molecule has 128 valence electrons. The predicted molar refractivity (Wildman–Crippen MR) is 89.5 cm³/mol. The van der Waals surface area contributed by atoms with E-state index in [0.29, 0.717) is 24.7 Å². The molecule has 3 aromatic heterocycles. The maximum atomic E-state index is 12.1. The van der Waals surface area contributed by atoms with E-state index in [9.17, 15) is 4.79 Å². The number of nitrogens with zero attached hydrogens (tertiary/aromatic N) is 6. The first-order valence-electron chi connectivity index (χ1n) is 7.92. The van der Waals surface area contributed by atoms with E-state index in [1.807, 2.05) is 30.9 Å². The third-order valence-electron chi connectivity index (χ3n) is 4.13. The molecule has 0 saturated carbocycles. The number of hydrogen-bond acceptors (Lipinski definition) is 7. The number of carbonyl (C=O) groups excluding carboxylic acids is 1. The summed E-state index contributed by atoms with van der Waals surface area (Å²) in [7, 11) is 0. The maximum Gasteiger partial charge on any atom is 0.232 e. The van der Waals surface area contributed by atoms with Gasteiger partial charge in [-0.15, -0.1) is 0 Å². The average molecular weight is 339 g/mol. The molecule has 0 aromatic carbocycles. The molecular formula is C16H17N7O2. The van der Waals surface area contributed by atoms with E-state index in [4.69, 9.17) is 4.52 Å². The lowest BCUT2D eigenvalue weighted by molar-refractivity contribution is -0.120. The van der Waals surface area contributed by atoms with Crippen molar-refractivity contribution in [1.82, 2.24) is 24.9 Å². The molecule has 0 unspecified atom stereocenters. The second-order valence-corrected chi connectivity index (χ2v) is 6.05. The second-order valence-electron chi connectivity index (χ2n) is 6.05. The Morgan fingerprint density at radius 1 is 1.24 bits per heavy atom. The van der Waals surface area contributed by atoms with Crippen LogP contribution in [0.25, 0.3) is 5.82 Å². The van der Waals surface area contributed by atoms with Crippen molar-refractivity contribution in [2.75, 3.05) is 23.3 Å². The Balaban J connectivity index is 1.43. The summed E-state index contributed by atoms with van der Waals surface area (Å²) in [5.41, 5.74) is 1.95. The molecule has 25 heavy (non-hydrogen) atoms. The molecule has 0 radical (unpaired) electrons. The van der Waals surface area contributed by atoms with Crippen LogP contribution in [0, 0.1) is 19.8 Å². The molecule has 1 saturated heterocycles. The molecule has 4 rings (SSSR count). The van der Waals surface area contributed by atoms with Crippen LogP contribution in [0.3, 0.4) is 0 Å². The van der Waals surface area contributed by atoms with Crippen LogP contribution in [0.5, 0.6) is 0 Å². The molecule has 1 N–H and O–H groups in total. The molecule has 9 heteroatoms. The summed E-state index contributed by atoms with van der Waals surface area (Å²) in [6.45, 7) is 5.11. The van der Waals surface area contributed by atoms with E-state index in [2.05, 4.69) is 25.5 Å². The van der Waals surface area contributed by atoms with Gasteiger partial charge in [0.05, 0.1) is 11.6 Å². The molecule has 0 atom stereocenters. The predicted octanol–water partition coefficient (Wildman–Crippen LogP) is 1.34. The summed E-state index contributed by atoms with van der Waals surface area (Å²) >= 11 is 0. The summed E-state index contributed by atoms with van der Waals surface area (Å²) in [5, 5.41) is 10.8. The third-order valence-corrected chi connectivity index (χ3v) is 4.13. The van der Waals surface area contributed by atoms with Crippen molar-refractivity contribution >= 4 is 17.5 Å². The van der Waals surface area contributed by atoms with Crippen molar-refractivity contribution in [3.8, 4) is 5.82 Å². The Hall–Kier alpha value is -3.23. The summed E-state index contributed by atoms with van der Waals surface area (Å²) in [4.78, 5) is 22.8. The monoisotopic (exact) mass is 339 g/mol. The summed E-state index contributed by atoms with van der Waals surface area (Å²) in [6.07, 6.45) is 2.94. The van der Waals surface area contributed by atoms with Gasteiger partial charge in [0.2, 0.25) is 5.91 Å². The van der Waals surface area contributed by atoms with E-state index in [-0.39, 0.29) is 11.8 Å². The van der Waals surface area contributed by atoms with Gasteiger partial charge in [-0.05, 0) is 19.9 Å². The Kier molecular flexibility index (Phi) is 3.68. The van der Waals surface area contributed by atoms with Gasteiger partial charge in [-0.25, -0.2) is 14.6 Å². The number of hydrogen-bond donors (Lipinski definition) is 1. The highest BCUT2D eigenvalue weighted by Crippen LogP contribution is 2.25. The summed E-state index contributed by atoms with van der Waals surface area (Å²) in [5.74, 6) is 1.74. The van der Waals surface area contributed by atoms with Crippen LogP contribution in [-0.4, -0.2) is 43.9 Å². The van der Waals surface area contributed by atoms with Crippen molar-refractivity contribution in [2.24, 2.45) is 5.92 Å². The fraction of sp³-hybridized carbons (Fsp3) is 0.312. The molecule has 0 aliphatic carbocycles. The highest BCUT2D eigenvalue weighted by molar-refractivity contribution is 5.93. The smallest absolute Gasteiger partial charge is 0.232 e. The van der Waals surface area contributed by atoms with Crippen LogP contribution in [0.4, 0.5) is 11.6 Å². The van der Waals surface area contributed by atoms with Gasteiger partial charge in [0.1, 0.15) is 18.4 Å². The number of aromatic nitrogens is 5. The van der Waals surface area contributed by atoms with Gasteiger partial charge in [-0.3, -0.25) is 4.79 Å². The first-order valence-corrected chi connectivity index (χ1v) is 7.92. The molecule has 4 heterocycles. The molecule has 1 fully saturated rings. The zero-order valence-corrected chi connectivity index (χ0v) is 13.9. The summed E-state index contributed by atoms with van der Waals surface area (Å²) < 4.78 is 6.49. The molecule has 1 aliphatic heterocycles. The molecule has 1 aliphatic rings. The van der Waals surface area contributed by atoms with Gasteiger partial charge in [0.25, 0.3) is 0 Å². The van der Waals surface area contributed by atoms with Gasteiger partial charge in [-0.2, -0.15) is 5.10 Å². The number of aryl methyl sites for hydroxylation is 2. The third kappa shape index (κ3) is 2.95. The Bertz CT molecular complexity index is 897. The van der Waals surface area contributed by atoms with Crippen molar-refractivity contribution in [3.05, 3.63) is 42.2 Å². The number of amides is 1. The topological polar surface area (TPSA) is 102 Å². The van der Waals surface area contributed by atoms with Crippen LogP contribution in [0.2, 0.25) is 0 Å². The van der Waals surface area contributed by atoms with Crippen molar-refractivity contribution < 1.29 is 9.32 Å². The minimum Gasteiger partial charge on any atom is -0.363 e. The quantitative estimate of drug-likeness (QED) is 0.765. The standard InChI is InChI=1S/C16H17N7O2/c1-10-5-11(2)23(20-10)15-6-14(17-9-18-15)22-7-12(8-22)16(24)19-13-3-4-25-21-13/h3-6,9,12H,7-8H2,1-2H3,(H,19,21,24). The Labute approximate surface area is 143 Å². The SMILES string of the molecule is Cc1cc(C)n(-c2cc(N3CC(C(=O)Nc4ccon4)C3)ncn2)n1. The normalized spacial score (nSPS) is 14.4. The van der Waals surface area contributed by atoms with Crippen molar-refractivity contribution in [3.63, 3.8) is 0 Å². The van der Waals surface area contributed by atoms with E-state index in [0.717, 1.165) is 17.2 Å². The largest absolute Gasteiger partial charge is 0.363 e. The van der Waals surface area contributed by atoms with Gasteiger partial charge >= 0.3 is 0 Å². The average Bonchev–Trinajstić information content (AvgIpc) is 3.15. The Morgan fingerprint density at radius 2 is 2.04 bits per heavy atom. The van der Waals surface area contributed by atoms with Gasteiger partial charge < -0.3 is 14.7 Å². The minimum atomic E-state index is -0.108. The molecule has 0 bridgehead atoms. The molecule has 0 spiro atoms. The number of carbonyl (C=O) groups is 1. The fourth-order valence-electron chi connectivity index (χ4n) is 2.82. The number of nitrogens with one attached hydrogen (secondary N) is 1. The lowest BCUT2D eigenvalue weighted by Crippen LogP contribution is -2.52. The van der Waals surface area contributed by atoms with Crippen LogP contribution >= 0.6 is 0 Å².